The molecule has 0 N–H and O–H groups in total. The minimum Gasteiger partial charge on any atom is -0.109 e. The second kappa shape index (κ2) is 5.47. The molecule has 0 saturated heterocycles. The van der Waals surface area contributed by atoms with Crippen molar-refractivity contribution in [1.29, 1.82) is 0 Å². The van der Waals surface area contributed by atoms with Crippen LogP contribution in [-0.2, 0) is 0 Å². The molecule has 0 amide bonds. The van der Waals surface area contributed by atoms with Crippen LogP contribution in [0, 0.1) is 0 Å². The maximum Gasteiger partial charge on any atom is 0.0940 e. The number of thioether (sulfide) groups is 1. The van der Waals surface area contributed by atoms with E-state index in [4.69, 9.17) is 0 Å². The van der Waals surface area contributed by atoms with E-state index in [1.165, 1.54) is 0 Å². The first-order chi connectivity index (χ1) is 8.71. The van der Waals surface area contributed by atoms with Crippen molar-refractivity contribution in [1.82, 2.24) is 0 Å². The van der Waals surface area contributed by atoms with Gasteiger partial charge in [0.1, 0.15) is 0 Å². The first-order valence-electron chi connectivity index (χ1n) is 7.80. The van der Waals surface area contributed by atoms with Gasteiger partial charge in [-0.25, -0.2) is 0 Å². The number of allylic oxidation sites excluding steroid dienone is 2. The fourth-order valence-corrected chi connectivity index (χ4v) is 10.2. The zero-order valence-corrected chi connectivity index (χ0v) is 18.1. The Labute approximate surface area is 133 Å². The molecule has 0 aliphatic carbocycles. The number of rotatable bonds is 2. The lowest BCUT2D eigenvalue weighted by molar-refractivity contribution is 0.726. The van der Waals surface area contributed by atoms with Crippen molar-refractivity contribution in [3.05, 3.63) is 21.2 Å². The molecule has 1 heterocycles. The summed E-state index contributed by atoms with van der Waals surface area (Å²) in [5, 5.41) is 0.865. The van der Waals surface area contributed by atoms with Crippen molar-refractivity contribution >= 4 is 27.9 Å². The first-order valence-corrected chi connectivity index (χ1v) is 14.6. The fraction of sp³-hybridized carbons (Fsp3) is 0.765. The van der Waals surface area contributed by atoms with Gasteiger partial charge in [0.15, 0.2) is 0 Å². The van der Waals surface area contributed by atoms with Crippen LogP contribution in [0.4, 0.5) is 0 Å². The highest BCUT2D eigenvalue weighted by atomic mass is 32.2. The maximum atomic E-state index is 2.54. The zero-order valence-electron chi connectivity index (χ0n) is 15.3. The van der Waals surface area contributed by atoms with E-state index in [-0.39, 0.29) is 0 Å². The van der Waals surface area contributed by atoms with Crippen molar-refractivity contribution in [2.45, 2.75) is 84.2 Å². The topological polar surface area (TPSA) is 0 Å². The third-order valence-corrected chi connectivity index (χ3v) is 20.6. The third kappa shape index (κ3) is 3.36. The van der Waals surface area contributed by atoms with Crippen LogP contribution in [0.2, 0.25) is 36.3 Å². The van der Waals surface area contributed by atoms with Gasteiger partial charge in [0.05, 0.1) is 16.1 Å². The Bertz CT molecular complexity index is 389. The van der Waals surface area contributed by atoms with Gasteiger partial charge in [-0.2, -0.15) is 0 Å². The predicted molar refractivity (Wildman–Crippen MR) is 103 cm³/mol. The molecule has 0 saturated carbocycles. The average molecular weight is 327 g/mol. The van der Waals surface area contributed by atoms with E-state index in [1.54, 1.807) is 9.06 Å². The summed E-state index contributed by atoms with van der Waals surface area (Å²) in [6.07, 6.45) is 6.17. The first kappa shape index (κ1) is 18.3. The van der Waals surface area contributed by atoms with Crippen LogP contribution in [0.25, 0.3) is 0 Å². The normalized spacial score (nSPS) is 18.7. The van der Waals surface area contributed by atoms with Gasteiger partial charge in [0.2, 0.25) is 0 Å². The van der Waals surface area contributed by atoms with Crippen LogP contribution < -0.4 is 0 Å². The molecule has 20 heavy (non-hydrogen) atoms. The molecular weight excluding hydrogens is 292 g/mol. The van der Waals surface area contributed by atoms with E-state index in [0.29, 0.717) is 10.1 Å². The molecule has 0 bridgehead atoms. The van der Waals surface area contributed by atoms with Crippen LogP contribution in [0.3, 0.4) is 0 Å². The Kier molecular flexibility index (Phi) is 5.01. The van der Waals surface area contributed by atoms with E-state index < -0.39 is 16.1 Å². The van der Waals surface area contributed by atoms with Gasteiger partial charge in [-0.1, -0.05) is 79.9 Å². The summed E-state index contributed by atoms with van der Waals surface area (Å²) < 4.78 is 3.43. The van der Waals surface area contributed by atoms with Crippen LogP contribution in [0.1, 0.15) is 48.0 Å². The van der Waals surface area contributed by atoms with Gasteiger partial charge in [-0.15, -0.1) is 11.8 Å². The molecule has 3 heteroatoms. The maximum absolute atomic E-state index is 2.54. The summed E-state index contributed by atoms with van der Waals surface area (Å²) in [5.74, 6) is 0. The van der Waals surface area contributed by atoms with Crippen LogP contribution in [0.15, 0.2) is 21.2 Å². The molecular formula is C17H34SSi2. The molecule has 0 unspecified atom stereocenters. The molecule has 0 atom stereocenters. The van der Waals surface area contributed by atoms with Crippen LogP contribution >= 0.6 is 11.8 Å². The van der Waals surface area contributed by atoms with E-state index >= 15 is 0 Å². The Morgan fingerprint density at radius 3 is 1.30 bits per heavy atom. The van der Waals surface area contributed by atoms with Gasteiger partial charge in [-0.05, 0) is 25.6 Å². The average Bonchev–Trinajstić information content (AvgIpc) is 2.26. The molecule has 0 aromatic rings. The van der Waals surface area contributed by atoms with E-state index in [9.17, 15) is 0 Å². The molecule has 1 rings (SSSR count). The summed E-state index contributed by atoms with van der Waals surface area (Å²) in [6.45, 7) is 24.7. The zero-order chi connectivity index (χ0) is 16.0. The smallest absolute Gasteiger partial charge is 0.0940 e. The molecule has 116 valence electrons. The third-order valence-electron chi connectivity index (χ3n) is 5.81. The molecule has 1 aliphatic rings. The summed E-state index contributed by atoms with van der Waals surface area (Å²) in [6, 6.07) is 0. The summed E-state index contributed by atoms with van der Waals surface area (Å²) >= 11 is 2.14. The lowest BCUT2D eigenvalue weighted by Crippen LogP contribution is -2.42. The van der Waals surface area contributed by atoms with E-state index in [2.05, 4.69) is 91.6 Å². The minimum atomic E-state index is -1.38. The molecule has 1 aliphatic heterocycles. The Hall–Kier alpha value is 0.264. The van der Waals surface area contributed by atoms with Crippen molar-refractivity contribution in [2.75, 3.05) is 0 Å². The Morgan fingerprint density at radius 1 is 0.750 bits per heavy atom. The standard InChI is InChI=1S/C17H34SSi2/c1-16(2,3)19(7,8)14-12-11-13-15(18-14)20(9,10)17(4,5)6/h12-13H,11H2,1-10H3. The highest BCUT2D eigenvalue weighted by Gasteiger charge is 2.44. The summed E-state index contributed by atoms with van der Waals surface area (Å²) in [5.41, 5.74) is 0. The number of hydrogen-bond acceptors (Lipinski definition) is 1. The van der Waals surface area contributed by atoms with Crippen LogP contribution in [0.5, 0.6) is 0 Å². The Morgan fingerprint density at radius 2 is 1.05 bits per heavy atom. The highest BCUT2D eigenvalue weighted by Crippen LogP contribution is 2.52. The molecule has 0 radical (unpaired) electrons. The predicted octanol–water partition coefficient (Wildman–Crippen LogP) is 6.99. The highest BCUT2D eigenvalue weighted by molar-refractivity contribution is 8.10. The lowest BCUT2D eigenvalue weighted by atomic mass is 10.2. The fourth-order valence-electron chi connectivity index (χ4n) is 1.98. The van der Waals surface area contributed by atoms with Crippen molar-refractivity contribution in [3.8, 4) is 0 Å². The molecule has 0 aromatic carbocycles. The largest absolute Gasteiger partial charge is 0.109 e. The molecule has 0 fully saturated rings. The lowest BCUT2D eigenvalue weighted by Gasteiger charge is -2.44. The second-order valence-corrected chi connectivity index (χ2v) is 21.6. The van der Waals surface area contributed by atoms with Crippen LogP contribution in [-0.4, -0.2) is 16.1 Å². The Balaban J connectivity index is 3.06. The van der Waals surface area contributed by atoms with Gasteiger partial charge in [0.25, 0.3) is 0 Å². The minimum absolute atomic E-state index is 0.432. The van der Waals surface area contributed by atoms with Crippen molar-refractivity contribution < 1.29 is 0 Å². The summed E-state index contributed by atoms with van der Waals surface area (Å²) in [7, 11) is -2.76. The molecule has 0 aromatic heterocycles. The van der Waals surface area contributed by atoms with E-state index in [1.807, 2.05) is 0 Å². The summed E-state index contributed by atoms with van der Waals surface area (Å²) in [4.78, 5) is 0. The van der Waals surface area contributed by atoms with Crippen molar-refractivity contribution in [3.63, 3.8) is 0 Å². The quantitative estimate of drug-likeness (QED) is 0.493. The van der Waals surface area contributed by atoms with Gasteiger partial charge in [0, 0.05) is 0 Å². The second-order valence-electron chi connectivity index (χ2n) is 9.22. The van der Waals surface area contributed by atoms with Gasteiger partial charge < -0.3 is 0 Å². The van der Waals surface area contributed by atoms with E-state index in [0.717, 1.165) is 6.42 Å². The molecule has 0 nitrogen and oxygen atoms in total. The number of hydrogen-bond donors (Lipinski definition) is 0. The monoisotopic (exact) mass is 326 g/mol. The van der Waals surface area contributed by atoms with Gasteiger partial charge >= 0.3 is 0 Å². The van der Waals surface area contributed by atoms with Gasteiger partial charge in [-0.3, -0.25) is 0 Å². The molecule has 0 spiro atoms. The SMILES string of the molecule is CC(C)(C)[Si](C)(C)C1=CCC=C([Si](C)(C)C(C)(C)C)S1. The van der Waals surface area contributed by atoms with Crippen molar-refractivity contribution in [2.24, 2.45) is 0 Å².